The van der Waals surface area contributed by atoms with Gasteiger partial charge in [0.25, 0.3) is 0 Å². The lowest BCUT2D eigenvalue weighted by molar-refractivity contribution is 0.122. The summed E-state index contributed by atoms with van der Waals surface area (Å²) in [5.74, 6) is 0. The van der Waals surface area contributed by atoms with Crippen LogP contribution in [0.3, 0.4) is 0 Å². The number of aromatic nitrogens is 1. The second-order valence-electron chi connectivity index (χ2n) is 4.67. The van der Waals surface area contributed by atoms with Crippen LogP contribution in [-0.4, -0.2) is 31.3 Å². The van der Waals surface area contributed by atoms with Gasteiger partial charge in [0.2, 0.25) is 0 Å². The van der Waals surface area contributed by atoms with E-state index in [0.29, 0.717) is 0 Å². The van der Waals surface area contributed by atoms with Crippen LogP contribution in [0.5, 0.6) is 0 Å². The van der Waals surface area contributed by atoms with E-state index < -0.39 is 0 Å². The number of morpholine rings is 1. The van der Waals surface area contributed by atoms with Crippen molar-refractivity contribution in [2.24, 2.45) is 0 Å². The average Bonchev–Trinajstić information content (AvgIpc) is 2.98. The molecule has 1 aromatic carbocycles. The second-order valence-corrected chi connectivity index (χ2v) is 5.50. The Morgan fingerprint density at radius 2 is 1.95 bits per heavy atom. The van der Waals surface area contributed by atoms with Crippen molar-refractivity contribution < 1.29 is 4.74 Å². The first-order chi connectivity index (χ1) is 9.36. The third-order valence-corrected chi connectivity index (χ3v) is 4.33. The molecule has 0 saturated carbocycles. The lowest BCUT2D eigenvalue weighted by Gasteiger charge is -2.26. The molecule has 3 rings (SSSR count). The van der Waals surface area contributed by atoms with Crippen LogP contribution in [0.25, 0.3) is 11.3 Å². The van der Waals surface area contributed by atoms with Gasteiger partial charge in [-0.25, -0.2) is 4.98 Å². The zero-order valence-corrected chi connectivity index (χ0v) is 11.9. The molecule has 1 aliphatic rings. The molecule has 0 amide bonds. The number of aryl methyl sites for hydroxylation is 1. The molecule has 1 saturated heterocycles. The summed E-state index contributed by atoms with van der Waals surface area (Å²) in [6.07, 6.45) is 1.08. The lowest BCUT2D eigenvalue weighted by atomic mass is 10.1. The molecular weight excluding hydrogens is 256 g/mol. The van der Waals surface area contributed by atoms with Crippen LogP contribution in [0, 0.1) is 0 Å². The maximum absolute atomic E-state index is 5.37. The number of hydrogen-bond donors (Lipinski definition) is 0. The highest BCUT2D eigenvalue weighted by Gasteiger charge is 2.15. The maximum atomic E-state index is 5.37. The lowest BCUT2D eigenvalue weighted by Crippen LogP contribution is -2.36. The fourth-order valence-corrected chi connectivity index (χ4v) is 3.10. The van der Waals surface area contributed by atoms with Crippen LogP contribution in [0.2, 0.25) is 0 Å². The highest BCUT2D eigenvalue weighted by molar-refractivity contribution is 7.14. The zero-order chi connectivity index (χ0) is 13.1. The fourth-order valence-electron chi connectivity index (χ4n) is 2.21. The Hall–Kier alpha value is -1.39. The summed E-state index contributed by atoms with van der Waals surface area (Å²) < 4.78 is 5.37. The molecule has 2 heterocycles. The largest absolute Gasteiger partial charge is 0.378 e. The number of anilines is 1. The minimum atomic E-state index is 0.806. The molecule has 0 radical (unpaired) electrons. The molecule has 4 heteroatoms. The molecule has 3 nitrogen and oxygen atoms in total. The topological polar surface area (TPSA) is 25.4 Å². The van der Waals surface area contributed by atoms with Crippen molar-refractivity contribution in [3.8, 4) is 11.3 Å². The minimum absolute atomic E-state index is 0.806. The summed E-state index contributed by atoms with van der Waals surface area (Å²) in [5.41, 5.74) is 3.65. The molecule has 1 aromatic heterocycles. The number of benzene rings is 1. The monoisotopic (exact) mass is 274 g/mol. The van der Waals surface area contributed by atoms with Gasteiger partial charge in [-0.2, -0.15) is 0 Å². The zero-order valence-electron chi connectivity index (χ0n) is 11.1. The molecule has 0 unspecified atom stereocenters. The van der Waals surface area contributed by atoms with Gasteiger partial charge in [0.15, 0.2) is 5.13 Å². The second kappa shape index (κ2) is 5.72. The molecule has 19 heavy (non-hydrogen) atoms. The van der Waals surface area contributed by atoms with E-state index in [0.717, 1.165) is 43.5 Å². The quantitative estimate of drug-likeness (QED) is 0.859. The molecular formula is C15H18N2OS. The Morgan fingerprint density at radius 3 is 2.63 bits per heavy atom. The van der Waals surface area contributed by atoms with Crippen molar-refractivity contribution >= 4 is 16.5 Å². The van der Waals surface area contributed by atoms with Crippen molar-refractivity contribution in [3.63, 3.8) is 0 Å². The number of ether oxygens (including phenoxy) is 1. The highest BCUT2D eigenvalue weighted by atomic mass is 32.1. The van der Waals surface area contributed by atoms with Crippen molar-refractivity contribution in [2.45, 2.75) is 13.3 Å². The van der Waals surface area contributed by atoms with Gasteiger partial charge in [-0.1, -0.05) is 31.2 Å². The first kappa shape index (κ1) is 12.6. The van der Waals surface area contributed by atoms with Crippen LogP contribution in [0.1, 0.15) is 12.5 Å². The Bertz CT molecular complexity index is 529. The van der Waals surface area contributed by atoms with Crippen LogP contribution >= 0.6 is 11.3 Å². The highest BCUT2D eigenvalue weighted by Crippen LogP contribution is 2.28. The summed E-state index contributed by atoms with van der Waals surface area (Å²) in [6, 6.07) is 8.69. The standard InChI is InChI=1S/C15H18N2OS/c1-2-12-3-5-13(6-4-12)14-11-19-15(16-14)17-7-9-18-10-8-17/h3-6,11H,2,7-10H2,1H3. The molecule has 1 fully saturated rings. The fraction of sp³-hybridized carbons (Fsp3) is 0.400. The molecule has 0 atom stereocenters. The van der Waals surface area contributed by atoms with Crippen LogP contribution in [0.4, 0.5) is 5.13 Å². The van der Waals surface area contributed by atoms with E-state index in [1.807, 2.05) is 0 Å². The molecule has 0 bridgehead atoms. The SMILES string of the molecule is CCc1ccc(-c2csc(N3CCOCC3)n2)cc1. The van der Waals surface area contributed by atoms with Gasteiger partial charge in [0.05, 0.1) is 18.9 Å². The summed E-state index contributed by atoms with van der Waals surface area (Å²) in [6.45, 7) is 5.68. The summed E-state index contributed by atoms with van der Waals surface area (Å²) in [5, 5.41) is 3.25. The van der Waals surface area contributed by atoms with E-state index in [1.165, 1.54) is 11.1 Å². The Balaban J connectivity index is 1.79. The molecule has 0 spiro atoms. The molecule has 0 N–H and O–H groups in total. The minimum Gasteiger partial charge on any atom is -0.378 e. The number of rotatable bonds is 3. The van der Waals surface area contributed by atoms with E-state index in [1.54, 1.807) is 11.3 Å². The third kappa shape index (κ3) is 2.80. The number of nitrogens with zero attached hydrogens (tertiary/aromatic N) is 2. The van der Waals surface area contributed by atoms with Crippen LogP contribution in [0.15, 0.2) is 29.6 Å². The number of thiazole rings is 1. The van der Waals surface area contributed by atoms with E-state index in [4.69, 9.17) is 9.72 Å². The van der Waals surface area contributed by atoms with Gasteiger partial charge in [-0.15, -0.1) is 11.3 Å². The van der Waals surface area contributed by atoms with Gasteiger partial charge in [-0.3, -0.25) is 0 Å². The number of hydrogen-bond acceptors (Lipinski definition) is 4. The predicted octanol–water partition coefficient (Wildman–Crippen LogP) is 3.21. The normalized spacial score (nSPS) is 15.7. The first-order valence-corrected chi connectivity index (χ1v) is 7.62. The van der Waals surface area contributed by atoms with E-state index in [9.17, 15) is 0 Å². The average molecular weight is 274 g/mol. The van der Waals surface area contributed by atoms with Gasteiger partial charge in [0, 0.05) is 24.0 Å². The van der Waals surface area contributed by atoms with Crippen LogP contribution in [-0.2, 0) is 11.2 Å². The summed E-state index contributed by atoms with van der Waals surface area (Å²) >= 11 is 1.72. The van der Waals surface area contributed by atoms with Gasteiger partial charge < -0.3 is 9.64 Å². The van der Waals surface area contributed by atoms with Crippen molar-refractivity contribution in [2.75, 3.05) is 31.2 Å². The van der Waals surface area contributed by atoms with Crippen molar-refractivity contribution in [1.29, 1.82) is 0 Å². The van der Waals surface area contributed by atoms with Crippen LogP contribution < -0.4 is 4.90 Å². The smallest absolute Gasteiger partial charge is 0.186 e. The van der Waals surface area contributed by atoms with E-state index in [-0.39, 0.29) is 0 Å². The van der Waals surface area contributed by atoms with Gasteiger partial charge in [-0.05, 0) is 12.0 Å². The Labute approximate surface area is 117 Å². The van der Waals surface area contributed by atoms with Gasteiger partial charge >= 0.3 is 0 Å². The van der Waals surface area contributed by atoms with E-state index >= 15 is 0 Å². The summed E-state index contributed by atoms with van der Waals surface area (Å²) in [7, 11) is 0. The summed E-state index contributed by atoms with van der Waals surface area (Å²) in [4.78, 5) is 7.05. The van der Waals surface area contributed by atoms with E-state index in [2.05, 4.69) is 41.5 Å². The van der Waals surface area contributed by atoms with Crippen molar-refractivity contribution in [3.05, 3.63) is 35.2 Å². The Morgan fingerprint density at radius 1 is 1.21 bits per heavy atom. The van der Waals surface area contributed by atoms with Crippen molar-refractivity contribution in [1.82, 2.24) is 4.98 Å². The maximum Gasteiger partial charge on any atom is 0.186 e. The molecule has 100 valence electrons. The molecule has 0 aliphatic carbocycles. The first-order valence-electron chi connectivity index (χ1n) is 6.74. The Kier molecular flexibility index (Phi) is 3.80. The third-order valence-electron chi connectivity index (χ3n) is 3.43. The predicted molar refractivity (Wildman–Crippen MR) is 80.0 cm³/mol. The van der Waals surface area contributed by atoms with Gasteiger partial charge in [0.1, 0.15) is 0 Å². The molecule has 1 aliphatic heterocycles. The molecule has 2 aromatic rings.